The van der Waals surface area contributed by atoms with Crippen molar-refractivity contribution in [1.29, 1.82) is 0 Å². The maximum Gasteiger partial charge on any atom is 0.573 e. The van der Waals surface area contributed by atoms with E-state index in [2.05, 4.69) is 28.8 Å². The molecule has 0 aromatic heterocycles. The molecule has 1 atom stereocenters. The van der Waals surface area contributed by atoms with Gasteiger partial charge in [0, 0.05) is 25.7 Å². The molecule has 5 nitrogen and oxygen atoms in total. The van der Waals surface area contributed by atoms with Gasteiger partial charge in [-0.25, -0.2) is 0 Å². The molecule has 0 radical (unpaired) electrons. The zero-order valence-electron chi connectivity index (χ0n) is 15.1. The summed E-state index contributed by atoms with van der Waals surface area (Å²) in [6.45, 7) is 6.55. The quantitative estimate of drug-likeness (QED) is 0.803. The van der Waals surface area contributed by atoms with Crippen LogP contribution in [0.4, 0.5) is 13.2 Å². The standard InChI is InChI=1S/C18H26F3N3O2/c1-17(2)12-24(10-8-15(17)22)11-16(25)23-9-7-13-3-5-14(6-4-13)26-18(19,20)21/h3-6,15H,7-12,22H2,1-2H3,(H,23,25). The first-order chi connectivity index (χ1) is 12.0. The van der Waals surface area contributed by atoms with Crippen molar-refractivity contribution in [3.8, 4) is 5.75 Å². The Hall–Kier alpha value is -1.80. The van der Waals surface area contributed by atoms with Crippen molar-refractivity contribution >= 4 is 5.91 Å². The lowest BCUT2D eigenvalue weighted by atomic mass is 9.80. The number of piperidine rings is 1. The smallest absolute Gasteiger partial charge is 0.406 e. The molecule has 1 aromatic rings. The van der Waals surface area contributed by atoms with Crippen LogP contribution >= 0.6 is 0 Å². The third-order valence-corrected chi connectivity index (χ3v) is 4.65. The SMILES string of the molecule is CC1(C)CN(CC(=O)NCCc2ccc(OC(F)(F)F)cc2)CCC1N. The number of hydrogen-bond acceptors (Lipinski definition) is 4. The van der Waals surface area contributed by atoms with Gasteiger partial charge in [-0.1, -0.05) is 26.0 Å². The van der Waals surface area contributed by atoms with Crippen molar-refractivity contribution in [2.24, 2.45) is 11.1 Å². The average molecular weight is 373 g/mol. The number of nitrogens with zero attached hydrogens (tertiary/aromatic N) is 1. The van der Waals surface area contributed by atoms with Gasteiger partial charge >= 0.3 is 6.36 Å². The maximum absolute atomic E-state index is 12.1. The average Bonchev–Trinajstić information content (AvgIpc) is 2.51. The lowest BCUT2D eigenvalue weighted by Gasteiger charge is -2.42. The molecular formula is C18H26F3N3O2. The van der Waals surface area contributed by atoms with E-state index in [9.17, 15) is 18.0 Å². The molecule has 1 amide bonds. The summed E-state index contributed by atoms with van der Waals surface area (Å²) >= 11 is 0. The lowest BCUT2D eigenvalue weighted by molar-refractivity contribution is -0.274. The number of rotatable bonds is 6. The van der Waals surface area contributed by atoms with Crippen LogP contribution in [0, 0.1) is 5.41 Å². The molecule has 0 bridgehead atoms. The Labute approximate surface area is 151 Å². The van der Waals surface area contributed by atoms with Gasteiger partial charge in [0.1, 0.15) is 5.75 Å². The molecule has 1 heterocycles. The van der Waals surface area contributed by atoms with E-state index in [1.54, 1.807) is 12.1 Å². The summed E-state index contributed by atoms with van der Waals surface area (Å²) in [6, 6.07) is 5.79. The monoisotopic (exact) mass is 373 g/mol. The summed E-state index contributed by atoms with van der Waals surface area (Å²) in [5, 5.41) is 2.85. The third-order valence-electron chi connectivity index (χ3n) is 4.65. The normalized spacial score (nSPS) is 20.6. The van der Waals surface area contributed by atoms with Crippen molar-refractivity contribution in [3.05, 3.63) is 29.8 Å². The number of amides is 1. The zero-order valence-corrected chi connectivity index (χ0v) is 15.1. The Balaban J connectivity index is 1.71. The van der Waals surface area contributed by atoms with Gasteiger partial charge in [0.25, 0.3) is 0 Å². The number of nitrogens with two attached hydrogens (primary N) is 1. The summed E-state index contributed by atoms with van der Waals surface area (Å²) < 4.78 is 40.2. The highest BCUT2D eigenvalue weighted by molar-refractivity contribution is 5.78. The molecule has 1 saturated heterocycles. The fraction of sp³-hybridized carbons (Fsp3) is 0.611. The number of carbonyl (C=O) groups excluding carboxylic acids is 1. The summed E-state index contributed by atoms with van der Waals surface area (Å²) in [5.41, 5.74) is 6.90. The van der Waals surface area contributed by atoms with Crippen LogP contribution in [0.1, 0.15) is 25.8 Å². The second kappa shape index (κ2) is 8.26. The highest BCUT2D eigenvalue weighted by Gasteiger charge is 2.34. The van der Waals surface area contributed by atoms with Gasteiger partial charge in [0.05, 0.1) is 6.54 Å². The van der Waals surface area contributed by atoms with Crippen LogP contribution in [0.5, 0.6) is 5.75 Å². The first-order valence-electron chi connectivity index (χ1n) is 8.64. The molecule has 0 aliphatic carbocycles. The molecule has 1 fully saturated rings. The van der Waals surface area contributed by atoms with E-state index in [0.29, 0.717) is 19.5 Å². The molecule has 3 N–H and O–H groups in total. The molecular weight excluding hydrogens is 347 g/mol. The Morgan fingerprint density at radius 3 is 2.58 bits per heavy atom. The van der Waals surface area contributed by atoms with Crippen LogP contribution in [-0.2, 0) is 11.2 Å². The minimum absolute atomic E-state index is 0.0151. The molecule has 2 rings (SSSR count). The van der Waals surface area contributed by atoms with E-state index in [1.165, 1.54) is 12.1 Å². The van der Waals surface area contributed by atoms with Crippen molar-refractivity contribution in [3.63, 3.8) is 0 Å². The molecule has 0 saturated carbocycles. The van der Waals surface area contributed by atoms with E-state index in [1.807, 2.05) is 0 Å². The van der Waals surface area contributed by atoms with Crippen molar-refractivity contribution in [2.45, 2.75) is 39.1 Å². The molecule has 8 heteroatoms. The van der Waals surface area contributed by atoms with E-state index in [4.69, 9.17) is 5.73 Å². The fourth-order valence-corrected chi connectivity index (χ4v) is 3.08. The third kappa shape index (κ3) is 6.49. The van der Waals surface area contributed by atoms with Crippen LogP contribution in [0.3, 0.4) is 0 Å². The van der Waals surface area contributed by atoms with Gasteiger partial charge < -0.3 is 15.8 Å². The van der Waals surface area contributed by atoms with Crippen molar-refractivity contribution < 1.29 is 22.7 Å². The van der Waals surface area contributed by atoms with Crippen molar-refractivity contribution in [1.82, 2.24) is 10.2 Å². The number of benzene rings is 1. The summed E-state index contributed by atoms with van der Waals surface area (Å²) in [6.07, 6.45) is -3.29. The molecule has 146 valence electrons. The molecule has 1 aromatic carbocycles. The molecule has 1 aliphatic heterocycles. The number of likely N-dealkylation sites (tertiary alicyclic amines) is 1. The number of hydrogen-bond donors (Lipinski definition) is 2. The first-order valence-corrected chi connectivity index (χ1v) is 8.64. The van der Waals surface area contributed by atoms with Crippen LogP contribution in [0.15, 0.2) is 24.3 Å². The predicted molar refractivity (Wildman–Crippen MR) is 92.7 cm³/mol. The molecule has 0 spiro atoms. The molecule has 1 aliphatic rings. The number of alkyl halides is 3. The Bertz CT molecular complexity index is 603. The topological polar surface area (TPSA) is 67.6 Å². The minimum atomic E-state index is -4.69. The maximum atomic E-state index is 12.1. The number of carbonyl (C=O) groups is 1. The second-order valence-electron chi connectivity index (χ2n) is 7.39. The van der Waals surface area contributed by atoms with E-state index >= 15 is 0 Å². The van der Waals surface area contributed by atoms with Crippen LogP contribution in [0.2, 0.25) is 0 Å². The van der Waals surface area contributed by atoms with Gasteiger partial charge in [-0.2, -0.15) is 0 Å². The molecule has 1 unspecified atom stereocenters. The highest BCUT2D eigenvalue weighted by atomic mass is 19.4. The van der Waals surface area contributed by atoms with Gasteiger partial charge in [-0.3, -0.25) is 9.69 Å². The van der Waals surface area contributed by atoms with Crippen LogP contribution in [-0.4, -0.2) is 49.4 Å². The fourth-order valence-electron chi connectivity index (χ4n) is 3.08. The van der Waals surface area contributed by atoms with Crippen LogP contribution in [0.25, 0.3) is 0 Å². The zero-order chi connectivity index (χ0) is 19.4. The Morgan fingerprint density at radius 2 is 2.00 bits per heavy atom. The van der Waals surface area contributed by atoms with Crippen LogP contribution < -0.4 is 15.8 Å². The van der Waals surface area contributed by atoms with E-state index < -0.39 is 6.36 Å². The number of ether oxygens (including phenoxy) is 1. The number of halogens is 3. The van der Waals surface area contributed by atoms with E-state index in [0.717, 1.165) is 25.1 Å². The van der Waals surface area contributed by atoms with E-state index in [-0.39, 0.29) is 23.1 Å². The Morgan fingerprint density at radius 1 is 1.35 bits per heavy atom. The van der Waals surface area contributed by atoms with Gasteiger partial charge in [0.2, 0.25) is 5.91 Å². The second-order valence-corrected chi connectivity index (χ2v) is 7.39. The lowest BCUT2D eigenvalue weighted by Crippen LogP contribution is -2.54. The van der Waals surface area contributed by atoms with Gasteiger partial charge in [-0.05, 0) is 36.0 Å². The largest absolute Gasteiger partial charge is 0.573 e. The highest BCUT2D eigenvalue weighted by Crippen LogP contribution is 2.27. The van der Waals surface area contributed by atoms with Gasteiger partial charge in [0.15, 0.2) is 0 Å². The summed E-state index contributed by atoms with van der Waals surface area (Å²) in [7, 11) is 0. The molecule has 26 heavy (non-hydrogen) atoms. The summed E-state index contributed by atoms with van der Waals surface area (Å²) in [5.74, 6) is -0.315. The van der Waals surface area contributed by atoms with Gasteiger partial charge in [-0.15, -0.1) is 13.2 Å². The first kappa shape index (κ1) is 20.5. The Kier molecular flexibility index (Phi) is 6.52. The predicted octanol–water partition coefficient (Wildman–Crippen LogP) is 2.30. The minimum Gasteiger partial charge on any atom is -0.406 e. The number of nitrogens with one attached hydrogen (secondary N) is 1. The van der Waals surface area contributed by atoms with Crippen molar-refractivity contribution in [2.75, 3.05) is 26.2 Å². The summed E-state index contributed by atoms with van der Waals surface area (Å²) in [4.78, 5) is 14.2.